The Balaban J connectivity index is 2.29. The number of hydrogen-bond acceptors (Lipinski definition) is 6. The lowest BCUT2D eigenvalue weighted by molar-refractivity contribution is -0.120. The molecule has 0 aliphatic heterocycles. The van der Waals surface area contributed by atoms with Gasteiger partial charge in [-0.3, -0.25) is 4.79 Å². The van der Waals surface area contributed by atoms with E-state index in [1.807, 2.05) is 30.3 Å². The first-order valence-electron chi connectivity index (χ1n) is 8.18. The van der Waals surface area contributed by atoms with Crippen LogP contribution in [0.15, 0.2) is 53.4 Å². The van der Waals surface area contributed by atoms with Crippen molar-refractivity contribution in [2.24, 2.45) is 11.7 Å². The average molecular weight is 390 g/mol. The molecule has 27 heavy (non-hydrogen) atoms. The van der Waals surface area contributed by atoms with Crippen molar-refractivity contribution >= 4 is 27.4 Å². The summed E-state index contributed by atoms with van der Waals surface area (Å²) in [5.41, 5.74) is 7.17. The van der Waals surface area contributed by atoms with Gasteiger partial charge in [0, 0.05) is 18.0 Å². The lowest BCUT2D eigenvalue weighted by Gasteiger charge is -2.20. The van der Waals surface area contributed by atoms with Crippen LogP contribution in [-0.2, 0) is 19.4 Å². The molecule has 0 saturated carbocycles. The summed E-state index contributed by atoms with van der Waals surface area (Å²) in [7, 11) is -2.40. The monoisotopic (exact) mass is 390 g/mol. The molecule has 0 spiro atoms. The van der Waals surface area contributed by atoms with Crippen molar-refractivity contribution in [1.82, 2.24) is 0 Å². The van der Waals surface area contributed by atoms with Crippen molar-refractivity contribution in [1.29, 1.82) is 0 Å². The maximum atomic E-state index is 12.6. The second-order valence-corrected chi connectivity index (χ2v) is 8.24. The fraction of sp³-hybridized carbons (Fsp3) is 0.263. The molecule has 2 aromatic carbocycles. The molecule has 0 saturated heterocycles. The topological polar surface area (TPSA) is 116 Å². The molecule has 0 aromatic heterocycles. The summed E-state index contributed by atoms with van der Waals surface area (Å²) < 4.78 is 28.4. The van der Waals surface area contributed by atoms with Crippen LogP contribution in [-0.4, -0.2) is 33.7 Å². The third kappa shape index (κ3) is 5.15. The third-order valence-electron chi connectivity index (χ3n) is 4.16. The van der Waals surface area contributed by atoms with Crippen LogP contribution >= 0.6 is 0 Å². The summed E-state index contributed by atoms with van der Waals surface area (Å²) in [6, 6.07) is 12.5. The highest BCUT2D eigenvalue weighted by Gasteiger charge is 2.23. The second kappa shape index (κ2) is 8.32. The summed E-state index contributed by atoms with van der Waals surface area (Å²) >= 11 is 0. The fourth-order valence-corrected chi connectivity index (χ4v) is 3.19. The molecule has 2 rings (SSSR count). The van der Waals surface area contributed by atoms with E-state index in [9.17, 15) is 18.0 Å². The second-order valence-electron chi connectivity index (χ2n) is 6.22. The number of amides is 1. The first-order chi connectivity index (χ1) is 12.6. The normalized spacial score (nSPS) is 13.5. The van der Waals surface area contributed by atoms with E-state index in [1.54, 1.807) is 6.92 Å². The predicted molar refractivity (Wildman–Crippen MR) is 102 cm³/mol. The minimum absolute atomic E-state index is 0.0238. The third-order valence-corrected chi connectivity index (χ3v) is 5.25. The van der Waals surface area contributed by atoms with Gasteiger partial charge >= 0.3 is 5.97 Å². The van der Waals surface area contributed by atoms with Crippen LogP contribution in [0, 0.1) is 5.92 Å². The van der Waals surface area contributed by atoms with E-state index < -0.39 is 33.7 Å². The number of ether oxygens (including phenoxy) is 1. The van der Waals surface area contributed by atoms with Gasteiger partial charge in [-0.2, -0.15) is 0 Å². The molecule has 0 radical (unpaired) electrons. The number of anilines is 1. The largest absolute Gasteiger partial charge is 0.465 e. The molecule has 8 heteroatoms. The minimum Gasteiger partial charge on any atom is -0.465 e. The maximum Gasteiger partial charge on any atom is 0.337 e. The van der Waals surface area contributed by atoms with Gasteiger partial charge in [-0.15, -0.1) is 0 Å². The van der Waals surface area contributed by atoms with Crippen molar-refractivity contribution in [2.75, 3.05) is 18.7 Å². The molecule has 0 fully saturated rings. The molecule has 2 atom stereocenters. The zero-order chi connectivity index (χ0) is 20.2. The van der Waals surface area contributed by atoms with Gasteiger partial charge in [0.25, 0.3) is 0 Å². The van der Waals surface area contributed by atoms with Crippen molar-refractivity contribution in [3.63, 3.8) is 0 Å². The number of hydrogen-bond donors (Lipinski definition) is 2. The van der Waals surface area contributed by atoms with Crippen LogP contribution in [0.1, 0.15) is 28.9 Å². The molecule has 0 bridgehead atoms. The van der Waals surface area contributed by atoms with Crippen molar-refractivity contribution in [2.45, 2.75) is 17.9 Å². The highest BCUT2D eigenvalue weighted by molar-refractivity contribution is 7.90. The minimum atomic E-state index is -3.59. The van der Waals surface area contributed by atoms with E-state index in [1.165, 1.54) is 25.3 Å². The molecule has 2 unspecified atom stereocenters. The zero-order valence-electron chi connectivity index (χ0n) is 15.3. The van der Waals surface area contributed by atoms with Gasteiger partial charge in [0.15, 0.2) is 9.84 Å². The van der Waals surface area contributed by atoms with Crippen LogP contribution in [0.4, 0.5) is 5.69 Å². The quantitative estimate of drug-likeness (QED) is 0.730. The van der Waals surface area contributed by atoms with Gasteiger partial charge in [-0.05, 0) is 23.8 Å². The highest BCUT2D eigenvalue weighted by Crippen LogP contribution is 2.23. The number of nitrogens with one attached hydrogen (secondary N) is 1. The Morgan fingerprint density at radius 3 is 2.30 bits per heavy atom. The SMILES string of the molecule is COC(=O)c1cc(NC(=O)C(C)C(N)c2ccccc2)cc(S(C)(=O)=O)c1. The van der Waals surface area contributed by atoms with Crippen LogP contribution in [0.5, 0.6) is 0 Å². The summed E-state index contributed by atoms with van der Waals surface area (Å²) in [6.45, 7) is 1.68. The van der Waals surface area contributed by atoms with Gasteiger partial charge < -0.3 is 15.8 Å². The molecule has 1 amide bonds. The number of carbonyl (C=O) groups excluding carboxylic acids is 2. The van der Waals surface area contributed by atoms with Gasteiger partial charge in [-0.1, -0.05) is 37.3 Å². The Labute approximate surface area is 158 Å². The van der Waals surface area contributed by atoms with Crippen molar-refractivity contribution < 1.29 is 22.7 Å². The Morgan fingerprint density at radius 2 is 1.74 bits per heavy atom. The summed E-state index contributed by atoms with van der Waals surface area (Å²) in [4.78, 5) is 24.3. The molecule has 7 nitrogen and oxygen atoms in total. The average Bonchev–Trinajstić information content (AvgIpc) is 2.65. The Bertz CT molecular complexity index is 942. The van der Waals surface area contributed by atoms with E-state index in [2.05, 4.69) is 10.1 Å². The molecule has 0 heterocycles. The predicted octanol–water partition coefficient (Wildman–Crippen LogP) is 2.15. The summed E-state index contributed by atoms with van der Waals surface area (Å²) in [5, 5.41) is 2.63. The first kappa shape index (κ1) is 20.6. The number of benzene rings is 2. The Kier molecular flexibility index (Phi) is 6.35. The number of carbonyl (C=O) groups is 2. The van der Waals surface area contributed by atoms with Crippen LogP contribution < -0.4 is 11.1 Å². The molecular formula is C19H22N2O5S. The zero-order valence-corrected chi connectivity index (χ0v) is 16.1. The van der Waals surface area contributed by atoms with Crippen LogP contribution in [0.2, 0.25) is 0 Å². The van der Waals surface area contributed by atoms with Gasteiger partial charge in [0.1, 0.15) is 0 Å². The number of nitrogens with two attached hydrogens (primary N) is 1. The molecule has 0 aliphatic carbocycles. The van der Waals surface area contributed by atoms with E-state index in [0.717, 1.165) is 11.8 Å². The number of esters is 1. The molecule has 144 valence electrons. The summed E-state index contributed by atoms with van der Waals surface area (Å²) in [5.74, 6) is -1.69. The lowest BCUT2D eigenvalue weighted by atomic mass is 9.94. The van der Waals surface area contributed by atoms with E-state index in [0.29, 0.717) is 0 Å². The molecule has 3 N–H and O–H groups in total. The van der Waals surface area contributed by atoms with E-state index >= 15 is 0 Å². The number of sulfone groups is 1. The summed E-state index contributed by atoms with van der Waals surface area (Å²) in [6.07, 6.45) is 1.02. The fourth-order valence-electron chi connectivity index (χ4n) is 2.50. The first-order valence-corrected chi connectivity index (χ1v) is 10.1. The molecule has 0 aliphatic rings. The van der Waals surface area contributed by atoms with Crippen molar-refractivity contribution in [3.05, 3.63) is 59.7 Å². The number of rotatable bonds is 6. The van der Waals surface area contributed by atoms with Crippen LogP contribution in [0.25, 0.3) is 0 Å². The maximum absolute atomic E-state index is 12.6. The molecular weight excluding hydrogens is 368 g/mol. The Hall–Kier alpha value is -2.71. The van der Waals surface area contributed by atoms with Gasteiger partial charge in [-0.25, -0.2) is 13.2 Å². The standard InChI is InChI=1S/C19H22N2O5S/c1-12(17(20)13-7-5-4-6-8-13)18(22)21-15-9-14(19(23)26-2)10-16(11-15)27(3,24)25/h4-12,17H,20H2,1-3H3,(H,21,22). The lowest BCUT2D eigenvalue weighted by Crippen LogP contribution is -2.30. The Morgan fingerprint density at radius 1 is 1.11 bits per heavy atom. The van der Waals surface area contributed by atoms with Crippen LogP contribution in [0.3, 0.4) is 0 Å². The number of methoxy groups -OCH3 is 1. The van der Waals surface area contributed by atoms with E-state index in [-0.39, 0.29) is 16.1 Å². The smallest absolute Gasteiger partial charge is 0.337 e. The van der Waals surface area contributed by atoms with E-state index in [4.69, 9.17) is 5.73 Å². The van der Waals surface area contributed by atoms with Gasteiger partial charge in [0.2, 0.25) is 5.91 Å². The van der Waals surface area contributed by atoms with Crippen molar-refractivity contribution in [3.8, 4) is 0 Å². The molecule has 2 aromatic rings. The highest BCUT2D eigenvalue weighted by atomic mass is 32.2. The van der Waals surface area contributed by atoms with Gasteiger partial charge in [0.05, 0.1) is 23.5 Å².